The fraction of sp³-hybridized carbons (Fsp3) is 0.400. The van der Waals surface area contributed by atoms with Crippen molar-refractivity contribution in [1.82, 2.24) is 10.6 Å². The number of aliphatic carboxylic acids is 1. The van der Waals surface area contributed by atoms with Gasteiger partial charge in [-0.15, -0.1) is 0 Å². The Kier molecular flexibility index (Phi) is 4.22. The van der Waals surface area contributed by atoms with Crippen LogP contribution in [0.15, 0.2) is 0 Å². The smallest absolute Gasteiger partial charge is 0.326 e. The van der Waals surface area contributed by atoms with Gasteiger partial charge in [-0.1, -0.05) is 0 Å². The van der Waals surface area contributed by atoms with E-state index in [0.717, 1.165) is 0 Å². The molecule has 1 atom stereocenters. The van der Waals surface area contributed by atoms with Crippen molar-refractivity contribution < 1.29 is 19.5 Å². The van der Waals surface area contributed by atoms with Crippen LogP contribution in [0.5, 0.6) is 0 Å². The second-order valence-corrected chi connectivity index (χ2v) is 2.12. The van der Waals surface area contributed by atoms with Crippen LogP contribution < -0.4 is 10.6 Å². The number of urea groups is 1. The van der Waals surface area contributed by atoms with Crippen molar-refractivity contribution in [2.45, 2.75) is 12.5 Å². The van der Waals surface area contributed by atoms with E-state index < -0.39 is 23.9 Å². The first kappa shape index (κ1) is 11.4. The van der Waals surface area contributed by atoms with E-state index in [0.29, 0.717) is 0 Å². The van der Waals surface area contributed by atoms with Crippen molar-refractivity contribution in [3.63, 3.8) is 0 Å². The minimum atomic E-state index is -1.20. The van der Waals surface area contributed by atoms with Gasteiger partial charge in [0, 0.05) is 29.6 Å². The van der Waals surface area contributed by atoms with Gasteiger partial charge >= 0.3 is 12.0 Å². The summed E-state index contributed by atoms with van der Waals surface area (Å²) < 4.78 is 0. The number of carboxylic acids is 1. The molecule has 7 heteroatoms. The molecular formula is C5H6N2NaO4. The Morgan fingerprint density at radius 3 is 2.50 bits per heavy atom. The van der Waals surface area contributed by atoms with Crippen molar-refractivity contribution in [2.24, 2.45) is 0 Å². The van der Waals surface area contributed by atoms with Gasteiger partial charge in [0.1, 0.15) is 6.04 Å². The third-order valence-corrected chi connectivity index (χ3v) is 1.25. The van der Waals surface area contributed by atoms with Crippen LogP contribution in [-0.2, 0) is 9.59 Å². The SMILES string of the molecule is O=C1CC(C(=O)O)NC(=O)N1.[Na]. The zero-order valence-corrected chi connectivity index (χ0v) is 8.46. The summed E-state index contributed by atoms with van der Waals surface area (Å²) in [6.45, 7) is 0. The standard InChI is InChI=1S/C5H6N2O4.Na/c8-3-1-2(4(9)10)6-5(11)7-3;/h2H,1H2,(H,9,10)(H2,6,7,8,11);. The molecule has 1 aliphatic rings. The second-order valence-electron chi connectivity index (χ2n) is 2.12. The average Bonchev–Trinajstić information content (AvgIpc) is 1.85. The first-order chi connectivity index (χ1) is 5.09. The van der Waals surface area contributed by atoms with Crippen molar-refractivity contribution in [3.8, 4) is 0 Å². The molecule has 0 aromatic rings. The molecule has 1 saturated heterocycles. The predicted molar refractivity (Wildman–Crippen MR) is 38.5 cm³/mol. The first-order valence-electron chi connectivity index (χ1n) is 2.93. The summed E-state index contributed by atoms with van der Waals surface area (Å²) in [6, 6.07) is -1.84. The molecule has 6 nitrogen and oxygen atoms in total. The molecule has 0 aliphatic carbocycles. The number of nitrogens with one attached hydrogen (secondary N) is 2. The number of amides is 3. The molecule has 3 amide bonds. The van der Waals surface area contributed by atoms with Gasteiger partial charge in [-0.2, -0.15) is 0 Å². The molecule has 0 bridgehead atoms. The Labute approximate surface area is 90.0 Å². The molecule has 1 heterocycles. The van der Waals surface area contributed by atoms with Crippen LogP contribution in [0.2, 0.25) is 0 Å². The minimum absolute atomic E-state index is 0. The molecule has 12 heavy (non-hydrogen) atoms. The van der Waals surface area contributed by atoms with Gasteiger partial charge in [0.25, 0.3) is 0 Å². The van der Waals surface area contributed by atoms with Gasteiger partial charge in [0.05, 0.1) is 6.42 Å². The van der Waals surface area contributed by atoms with E-state index in [9.17, 15) is 14.4 Å². The summed E-state index contributed by atoms with van der Waals surface area (Å²) in [5.41, 5.74) is 0. The van der Waals surface area contributed by atoms with Gasteiger partial charge < -0.3 is 10.4 Å². The summed E-state index contributed by atoms with van der Waals surface area (Å²) in [5.74, 6) is -1.77. The summed E-state index contributed by atoms with van der Waals surface area (Å²) in [5, 5.41) is 12.4. The third kappa shape index (κ3) is 2.80. The molecular weight excluding hydrogens is 175 g/mol. The summed E-state index contributed by atoms with van der Waals surface area (Å²) in [4.78, 5) is 31.3. The zero-order chi connectivity index (χ0) is 8.43. The maximum Gasteiger partial charge on any atom is 0.326 e. The van der Waals surface area contributed by atoms with E-state index in [1.54, 1.807) is 0 Å². The molecule has 0 aromatic heterocycles. The molecule has 61 valence electrons. The normalized spacial score (nSPS) is 21.8. The van der Waals surface area contributed by atoms with Crippen LogP contribution in [0.3, 0.4) is 0 Å². The van der Waals surface area contributed by atoms with E-state index in [1.165, 1.54) is 0 Å². The van der Waals surface area contributed by atoms with Gasteiger partial charge in [-0.25, -0.2) is 9.59 Å². The van der Waals surface area contributed by atoms with Crippen LogP contribution in [-0.4, -0.2) is 58.6 Å². The molecule has 0 spiro atoms. The predicted octanol–water partition coefficient (Wildman–Crippen LogP) is -1.71. The Hall–Kier alpha value is -0.590. The number of hydrogen-bond donors (Lipinski definition) is 3. The van der Waals surface area contributed by atoms with E-state index in [-0.39, 0.29) is 36.0 Å². The number of hydrogen-bond acceptors (Lipinski definition) is 3. The van der Waals surface area contributed by atoms with Crippen LogP contribution >= 0.6 is 0 Å². The maximum absolute atomic E-state index is 10.6. The van der Waals surface area contributed by atoms with Crippen LogP contribution in [0.4, 0.5) is 4.79 Å². The molecule has 1 fully saturated rings. The maximum atomic E-state index is 10.6. The first-order valence-corrected chi connectivity index (χ1v) is 2.93. The Morgan fingerprint density at radius 1 is 1.50 bits per heavy atom. The summed E-state index contributed by atoms with van der Waals surface area (Å²) in [7, 11) is 0. The summed E-state index contributed by atoms with van der Waals surface area (Å²) >= 11 is 0. The largest absolute Gasteiger partial charge is 0.480 e. The zero-order valence-electron chi connectivity index (χ0n) is 6.46. The molecule has 1 unspecified atom stereocenters. The quantitative estimate of drug-likeness (QED) is 0.419. The molecule has 1 rings (SSSR count). The Bertz CT molecular complexity index is 213. The van der Waals surface area contributed by atoms with Gasteiger partial charge in [0.2, 0.25) is 5.91 Å². The molecule has 1 radical (unpaired) electrons. The average molecular weight is 181 g/mol. The third-order valence-electron chi connectivity index (χ3n) is 1.25. The number of carboxylic acid groups (broad SMARTS) is 1. The Morgan fingerprint density at radius 2 is 2.08 bits per heavy atom. The van der Waals surface area contributed by atoms with Crippen LogP contribution in [0.1, 0.15) is 6.42 Å². The van der Waals surface area contributed by atoms with E-state index in [4.69, 9.17) is 5.11 Å². The van der Waals surface area contributed by atoms with Crippen LogP contribution in [0.25, 0.3) is 0 Å². The van der Waals surface area contributed by atoms with Crippen molar-refractivity contribution in [3.05, 3.63) is 0 Å². The number of carbonyl (C=O) groups excluding carboxylic acids is 2. The number of rotatable bonds is 1. The second kappa shape index (κ2) is 4.44. The fourth-order valence-corrected chi connectivity index (χ4v) is 0.757. The minimum Gasteiger partial charge on any atom is -0.480 e. The molecule has 0 saturated carbocycles. The van der Waals surface area contributed by atoms with Crippen molar-refractivity contribution in [1.29, 1.82) is 0 Å². The van der Waals surface area contributed by atoms with Crippen molar-refractivity contribution >= 4 is 47.5 Å². The van der Waals surface area contributed by atoms with Gasteiger partial charge in [0.15, 0.2) is 0 Å². The van der Waals surface area contributed by atoms with E-state index in [2.05, 4.69) is 5.32 Å². The molecule has 0 aromatic carbocycles. The summed E-state index contributed by atoms with van der Waals surface area (Å²) in [6.07, 6.45) is -0.207. The monoisotopic (exact) mass is 181 g/mol. The fourth-order valence-electron chi connectivity index (χ4n) is 0.757. The molecule has 1 aliphatic heterocycles. The van der Waals surface area contributed by atoms with Crippen molar-refractivity contribution in [2.75, 3.05) is 0 Å². The molecule has 3 N–H and O–H groups in total. The van der Waals surface area contributed by atoms with E-state index in [1.807, 2.05) is 5.32 Å². The number of imide groups is 1. The van der Waals surface area contributed by atoms with E-state index >= 15 is 0 Å². The van der Waals surface area contributed by atoms with Gasteiger partial charge in [-0.3, -0.25) is 10.1 Å². The number of carbonyl (C=O) groups is 3. The topological polar surface area (TPSA) is 95.5 Å². The van der Waals surface area contributed by atoms with Gasteiger partial charge in [-0.05, 0) is 0 Å². The Balaban J connectivity index is 0.00000121. The van der Waals surface area contributed by atoms with Crippen LogP contribution in [0, 0.1) is 0 Å².